The zero-order valence-corrected chi connectivity index (χ0v) is 14.5. The Morgan fingerprint density at radius 2 is 1.96 bits per heavy atom. The van der Waals surface area contributed by atoms with Crippen LogP contribution in [0.25, 0.3) is 0 Å². The lowest BCUT2D eigenvalue weighted by Gasteiger charge is -2.32. The van der Waals surface area contributed by atoms with Crippen LogP contribution in [-0.4, -0.2) is 20.8 Å². The van der Waals surface area contributed by atoms with Crippen molar-refractivity contribution in [3.8, 4) is 0 Å². The number of rotatable bonds is 5. The van der Waals surface area contributed by atoms with Gasteiger partial charge in [-0.3, -0.25) is 0 Å². The molecule has 130 valence electrons. The second kappa shape index (κ2) is 7.42. The molecule has 1 atom stereocenters. The number of nitrogens with one attached hydrogen (secondary N) is 2. The van der Waals surface area contributed by atoms with Crippen LogP contribution in [0.15, 0.2) is 30.6 Å². The van der Waals surface area contributed by atoms with Gasteiger partial charge in [0.1, 0.15) is 12.1 Å². The maximum absolute atomic E-state index is 13.1. The van der Waals surface area contributed by atoms with Gasteiger partial charge in [-0.1, -0.05) is 32.9 Å². The molecule has 0 saturated carbocycles. The van der Waals surface area contributed by atoms with Gasteiger partial charge in [-0.2, -0.15) is 0 Å². The average molecular weight is 333 g/mol. The Bertz CT molecular complexity index is 675. The highest BCUT2D eigenvalue weighted by Gasteiger charge is 2.28. The van der Waals surface area contributed by atoms with Gasteiger partial charge in [0.05, 0.1) is 12.6 Å². The van der Waals surface area contributed by atoms with Gasteiger partial charge in [0.25, 0.3) is 0 Å². The van der Waals surface area contributed by atoms with Crippen molar-refractivity contribution >= 4 is 6.03 Å². The summed E-state index contributed by atoms with van der Waals surface area (Å²) < 4.78 is 15.0. The maximum Gasteiger partial charge on any atom is 0.315 e. The van der Waals surface area contributed by atoms with Gasteiger partial charge in [-0.25, -0.2) is 9.18 Å². The van der Waals surface area contributed by atoms with E-state index in [2.05, 4.69) is 20.8 Å². The number of urea groups is 1. The number of amides is 2. The minimum atomic E-state index is -0.301. The van der Waals surface area contributed by atoms with E-state index in [9.17, 15) is 9.18 Å². The smallest absolute Gasteiger partial charge is 0.315 e. The first-order valence-corrected chi connectivity index (χ1v) is 7.97. The van der Waals surface area contributed by atoms with Crippen LogP contribution in [0.4, 0.5) is 9.18 Å². The van der Waals surface area contributed by atoms with Crippen molar-refractivity contribution in [2.24, 2.45) is 5.41 Å². The highest BCUT2D eigenvalue weighted by atomic mass is 19.1. The number of carbonyl (C=O) groups excluding carboxylic acids is 1. The topological polar surface area (TPSA) is 71.8 Å². The normalized spacial score (nSPS) is 12.7. The molecule has 2 aromatic rings. The summed E-state index contributed by atoms with van der Waals surface area (Å²) in [6, 6.07) is 5.64. The molecule has 0 bridgehead atoms. The lowest BCUT2D eigenvalue weighted by Crippen LogP contribution is -2.42. The quantitative estimate of drug-likeness (QED) is 0.883. The maximum atomic E-state index is 13.1. The molecule has 0 unspecified atom stereocenters. The standard InChI is InChI=1S/C17H24FN5O/c1-5-23-11-20-22-14(23)10-19-16(24)21-15(17(2,3)4)12-6-8-13(18)9-7-12/h6-9,11,15H,5,10H2,1-4H3,(H2,19,21,24)/t15-/m1/s1. The molecular formula is C17H24FN5O. The van der Waals surface area contributed by atoms with Crippen molar-refractivity contribution < 1.29 is 9.18 Å². The number of nitrogens with zero attached hydrogens (tertiary/aromatic N) is 3. The Morgan fingerprint density at radius 1 is 1.29 bits per heavy atom. The van der Waals surface area contributed by atoms with Crippen molar-refractivity contribution in [3.05, 3.63) is 47.8 Å². The van der Waals surface area contributed by atoms with Crippen molar-refractivity contribution in [1.82, 2.24) is 25.4 Å². The van der Waals surface area contributed by atoms with E-state index in [0.29, 0.717) is 12.4 Å². The summed E-state index contributed by atoms with van der Waals surface area (Å²) in [6.45, 7) is 9.09. The Kier molecular flexibility index (Phi) is 5.54. The molecule has 0 aliphatic heterocycles. The van der Waals surface area contributed by atoms with Gasteiger partial charge in [0.2, 0.25) is 0 Å². The number of benzene rings is 1. The molecule has 2 amide bonds. The van der Waals surface area contributed by atoms with E-state index in [1.54, 1.807) is 18.5 Å². The van der Waals surface area contributed by atoms with Crippen LogP contribution in [0, 0.1) is 11.2 Å². The summed E-state index contributed by atoms with van der Waals surface area (Å²) in [4.78, 5) is 12.3. The fourth-order valence-electron chi connectivity index (χ4n) is 2.48. The molecule has 1 aromatic carbocycles. The van der Waals surface area contributed by atoms with Gasteiger partial charge < -0.3 is 15.2 Å². The van der Waals surface area contributed by atoms with E-state index in [0.717, 1.165) is 12.1 Å². The van der Waals surface area contributed by atoms with E-state index < -0.39 is 0 Å². The molecule has 6 nitrogen and oxygen atoms in total. The highest BCUT2D eigenvalue weighted by Crippen LogP contribution is 2.32. The summed E-state index contributed by atoms with van der Waals surface area (Å²) in [5.74, 6) is 0.400. The summed E-state index contributed by atoms with van der Waals surface area (Å²) in [5.41, 5.74) is 0.634. The zero-order valence-electron chi connectivity index (χ0n) is 14.5. The molecular weight excluding hydrogens is 309 g/mol. The molecule has 0 fully saturated rings. The predicted molar refractivity (Wildman–Crippen MR) is 89.7 cm³/mol. The predicted octanol–water partition coefficient (Wildman–Crippen LogP) is 3.02. The van der Waals surface area contributed by atoms with E-state index in [4.69, 9.17) is 0 Å². The van der Waals surface area contributed by atoms with Crippen molar-refractivity contribution in [3.63, 3.8) is 0 Å². The van der Waals surface area contributed by atoms with Gasteiger partial charge >= 0.3 is 6.03 Å². The Morgan fingerprint density at radius 3 is 2.54 bits per heavy atom. The molecule has 0 aliphatic rings. The lowest BCUT2D eigenvalue weighted by molar-refractivity contribution is 0.217. The molecule has 2 N–H and O–H groups in total. The zero-order chi connectivity index (χ0) is 17.7. The fourth-order valence-corrected chi connectivity index (χ4v) is 2.48. The largest absolute Gasteiger partial charge is 0.331 e. The van der Waals surface area contributed by atoms with Gasteiger partial charge in [0.15, 0.2) is 5.82 Å². The third kappa shape index (κ3) is 4.53. The summed E-state index contributed by atoms with van der Waals surface area (Å²) in [5, 5.41) is 13.6. The van der Waals surface area contributed by atoms with E-state index in [-0.39, 0.29) is 23.3 Å². The van der Waals surface area contributed by atoms with Crippen LogP contribution in [0.3, 0.4) is 0 Å². The Balaban J connectivity index is 2.04. The molecule has 0 spiro atoms. The van der Waals surface area contributed by atoms with Crippen molar-refractivity contribution in [1.29, 1.82) is 0 Å². The second-order valence-corrected chi connectivity index (χ2v) is 6.71. The third-order valence-electron chi connectivity index (χ3n) is 3.79. The number of hydrogen-bond donors (Lipinski definition) is 2. The molecule has 0 aliphatic carbocycles. The van der Waals surface area contributed by atoms with Crippen LogP contribution >= 0.6 is 0 Å². The van der Waals surface area contributed by atoms with Crippen LogP contribution in [-0.2, 0) is 13.1 Å². The molecule has 0 saturated heterocycles. The Labute approximate surface area is 141 Å². The van der Waals surface area contributed by atoms with Gasteiger partial charge in [0, 0.05) is 6.54 Å². The number of aromatic nitrogens is 3. The highest BCUT2D eigenvalue weighted by molar-refractivity contribution is 5.74. The van der Waals surface area contributed by atoms with Crippen molar-refractivity contribution in [2.75, 3.05) is 0 Å². The number of carbonyl (C=O) groups is 1. The molecule has 0 radical (unpaired) electrons. The molecule has 1 heterocycles. The number of hydrogen-bond acceptors (Lipinski definition) is 3. The van der Waals surface area contributed by atoms with E-state index in [1.165, 1.54) is 12.1 Å². The molecule has 2 rings (SSSR count). The number of aryl methyl sites for hydroxylation is 1. The van der Waals surface area contributed by atoms with Crippen LogP contribution < -0.4 is 10.6 Å². The SMILES string of the molecule is CCn1cnnc1CNC(=O)N[C@H](c1ccc(F)cc1)C(C)(C)C. The second-order valence-electron chi connectivity index (χ2n) is 6.71. The lowest BCUT2D eigenvalue weighted by atomic mass is 9.82. The average Bonchev–Trinajstić information content (AvgIpc) is 2.98. The van der Waals surface area contributed by atoms with E-state index in [1.807, 2.05) is 32.3 Å². The summed E-state index contributed by atoms with van der Waals surface area (Å²) >= 11 is 0. The van der Waals surface area contributed by atoms with Crippen LogP contribution in [0.1, 0.15) is 45.1 Å². The first-order valence-electron chi connectivity index (χ1n) is 7.97. The molecule has 24 heavy (non-hydrogen) atoms. The minimum Gasteiger partial charge on any atom is -0.331 e. The first kappa shape index (κ1) is 17.9. The fraction of sp³-hybridized carbons (Fsp3) is 0.471. The summed E-state index contributed by atoms with van der Waals surface area (Å²) in [6.07, 6.45) is 1.63. The number of halogens is 1. The third-order valence-corrected chi connectivity index (χ3v) is 3.79. The minimum absolute atomic E-state index is 0.224. The molecule has 1 aromatic heterocycles. The van der Waals surface area contributed by atoms with Crippen molar-refractivity contribution in [2.45, 2.75) is 46.8 Å². The van der Waals surface area contributed by atoms with Crippen LogP contribution in [0.5, 0.6) is 0 Å². The van der Waals surface area contributed by atoms with Gasteiger partial charge in [-0.05, 0) is 30.0 Å². The first-order chi connectivity index (χ1) is 11.3. The Hall–Kier alpha value is -2.44. The van der Waals surface area contributed by atoms with E-state index >= 15 is 0 Å². The summed E-state index contributed by atoms with van der Waals surface area (Å²) in [7, 11) is 0. The monoisotopic (exact) mass is 333 g/mol. The van der Waals surface area contributed by atoms with Gasteiger partial charge in [-0.15, -0.1) is 10.2 Å². The molecule has 7 heteroatoms. The van der Waals surface area contributed by atoms with Crippen LogP contribution in [0.2, 0.25) is 0 Å².